The number of hydrogen-bond acceptors (Lipinski definition) is 3. The molecule has 0 bridgehead atoms. The zero-order valence-corrected chi connectivity index (χ0v) is 11.2. The van der Waals surface area contributed by atoms with Gasteiger partial charge in [-0.2, -0.15) is 0 Å². The SMILES string of the molecule is Cc1ccc(C)c(NS(=O)(=O)CC(C)CO)c1. The Labute approximate surface area is 103 Å². The molecule has 1 aromatic carbocycles. The monoisotopic (exact) mass is 257 g/mol. The van der Waals surface area contributed by atoms with E-state index >= 15 is 0 Å². The molecule has 4 nitrogen and oxygen atoms in total. The Balaban J connectivity index is 2.86. The van der Waals surface area contributed by atoms with E-state index in [0.717, 1.165) is 11.1 Å². The topological polar surface area (TPSA) is 66.4 Å². The summed E-state index contributed by atoms with van der Waals surface area (Å²) >= 11 is 0. The predicted octanol–water partition coefficient (Wildman–Crippen LogP) is 1.67. The summed E-state index contributed by atoms with van der Waals surface area (Å²) in [4.78, 5) is 0. The van der Waals surface area contributed by atoms with Gasteiger partial charge in [-0.3, -0.25) is 4.72 Å². The van der Waals surface area contributed by atoms with Gasteiger partial charge < -0.3 is 5.11 Å². The highest BCUT2D eigenvalue weighted by molar-refractivity contribution is 7.92. The predicted molar refractivity (Wildman–Crippen MR) is 69.6 cm³/mol. The van der Waals surface area contributed by atoms with E-state index in [1.54, 1.807) is 13.0 Å². The van der Waals surface area contributed by atoms with Gasteiger partial charge in [0.15, 0.2) is 0 Å². The van der Waals surface area contributed by atoms with Crippen molar-refractivity contribution < 1.29 is 13.5 Å². The van der Waals surface area contributed by atoms with Crippen LogP contribution in [0.25, 0.3) is 0 Å². The van der Waals surface area contributed by atoms with E-state index in [1.165, 1.54) is 0 Å². The highest BCUT2D eigenvalue weighted by Gasteiger charge is 2.16. The second-order valence-electron chi connectivity index (χ2n) is 4.49. The molecule has 0 aliphatic carbocycles. The highest BCUT2D eigenvalue weighted by atomic mass is 32.2. The first-order valence-corrected chi connectivity index (χ1v) is 7.18. The number of anilines is 1. The number of sulfonamides is 1. The van der Waals surface area contributed by atoms with Crippen LogP contribution in [0.15, 0.2) is 18.2 Å². The van der Waals surface area contributed by atoms with Crippen LogP contribution >= 0.6 is 0 Å². The molecule has 0 fully saturated rings. The van der Waals surface area contributed by atoms with Crippen molar-refractivity contribution in [1.29, 1.82) is 0 Å². The minimum absolute atomic E-state index is 0.0725. The summed E-state index contributed by atoms with van der Waals surface area (Å²) < 4.78 is 26.2. The van der Waals surface area contributed by atoms with Crippen molar-refractivity contribution >= 4 is 15.7 Å². The molecule has 0 saturated heterocycles. The van der Waals surface area contributed by atoms with Gasteiger partial charge in [0.25, 0.3) is 0 Å². The normalized spacial score (nSPS) is 13.4. The van der Waals surface area contributed by atoms with Crippen LogP contribution in [0.3, 0.4) is 0 Å². The third kappa shape index (κ3) is 4.36. The number of rotatable bonds is 5. The van der Waals surface area contributed by atoms with Crippen LogP contribution in [0.2, 0.25) is 0 Å². The second-order valence-corrected chi connectivity index (χ2v) is 6.26. The van der Waals surface area contributed by atoms with Gasteiger partial charge in [0.1, 0.15) is 0 Å². The molecule has 0 spiro atoms. The fourth-order valence-electron chi connectivity index (χ4n) is 1.48. The fourth-order valence-corrected chi connectivity index (χ4v) is 2.98. The van der Waals surface area contributed by atoms with Gasteiger partial charge in [-0.25, -0.2) is 8.42 Å². The summed E-state index contributed by atoms with van der Waals surface area (Å²) in [7, 11) is -3.40. The summed E-state index contributed by atoms with van der Waals surface area (Å²) in [6.45, 7) is 5.33. The number of aliphatic hydroxyl groups is 1. The van der Waals surface area contributed by atoms with Crippen molar-refractivity contribution in [2.24, 2.45) is 5.92 Å². The largest absolute Gasteiger partial charge is 0.396 e. The van der Waals surface area contributed by atoms with Crippen LogP contribution in [0, 0.1) is 19.8 Å². The molecule has 0 aliphatic rings. The molecule has 96 valence electrons. The molecule has 0 heterocycles. The molecule has 0 amide bonds. The van der Waals surface area contributed by atoms with E-state index in [0.29, 0.717) is 5.69 Å². The molecule has 0 saturated carbocycles. The first kappa shape index (κ1) is 14.0. The van der Waals surface area contributed by atoms with Crippen molar-refractivity contribution in [3.05, 3.63) is 29.3 Å². The summed E-state index contributed by atoms with van der Waals surface area (Å²) in [5.41, 5.74) is 2.49. The maximum absolute atomic E-state index is 11.8. The standard InChI is InChI=1S/C12H19NO3S/c1-9-4-5-11(3)12(6-9)13-17(15,16)8-10(2)7-14/h4-6,10,13-14H,7-8H2,1-3H3. The molecule has 1 rings (SSSR count). The number of aryl methyl sites for hydroxylation is 2. The lowest BCUT2D eigenvalue weighted by atomic mass is 10.1. The Bertz CT molecular complexity index is 483. The van der Waals surface area contributed by atoms with Gasteiger partial charge >= 0.3 is 0 Å². The van der Waals surface area contributed by atoms with Gasteiger partial charge in [0.05, 0.1) is 11.4 Å². The van der Waals surface area contributed by atoms with E-state index in [1.807, 2.05) is 26.0 Å². The van der Waals surface area contributed by atoms with Gasteiger partial charge in [0.2, 0.25) is 10.0 Å². The maximum Gasteiger partial charge on any atom is 0.233 e. The van der Waals surface area contributed by atoms with E-state index in [4.69, 9.17) is 5.11 Å². The zero-order valence-electron chi connectivity index (χ0n) is 10.4. The smallest absolute Gasteiger partial charge is 0.233 e. The molecular weight excluding hydrogens is 238 g/mol. The quantitative estimate of drug-likeness (QED) is 0.843. The van der Waals surface area contributed by atoms with Crippen LogP contribution in [0.4, 0.5) is 5.69 Å². The molecule has 5 heteroatoms. The molecule has 2 N–H and O–H groups in total. The number of aliphatic hydroxyl groups excluding tert-OH is 1. The Kier molecular flexibility index (Phi) is 4.54. The van der Waals surface area contributed by atoms with E-state index in [-0.39, 0.29) is 18.3 Å². The fraction of sp³-hybridized carbons (Fsp3) is 0.500. The van der Waals surface area contributed by atoms with Crippen molar-refractivity contribution in [2.75, 3.05) is 17.1 Å². The molecule has 1 aromatic rings. The average molecular weight is 257 g/mol. The summed E-state index contributed by atoms with van der Waals surface area (Å²) in [5.74, 6) is -0.339. The summed E-state index contributed by atoms with van der Waals surface area (Å²) in [5, 5.41) is 8.87. The van der Waals surface area contributed by atoms with Crippen molar-refractivity contribution in [3.63, 3.8) is 0 Å². The van der Waals surface area contributed by atoms with Crippen LogP contribution in [-0.4, -0.2) is 25.9 Å². The zero-order chi connectivity index (χ0) is 13.1. The maximum atomic E-state index is 11.8. The van der Waals surface area contributed by atoms with Gasteiger partial charge in [0, 0.05) is 6.61 Å². The molecule has 17 heavy (non-hydrogen) atoms. The highest BCUT2D eigenvalue weighted by Crippen LogP contribution is 2.18. The number of benzene rings is 1. The Morgan fingerprint density at radius 3 is 2.59 bits per heavy atom. The molecule has 1 unspecified atom stereocenters. The van der Waals surface area contributed by atoms with Gasteiger partial charge in [-0.1, -0.05) is 19.1 Å². The van der Waals surface area contributed by atoms with Crippen molar-refractivity contribution in [3.8, 4) is 0 Å². The first-order chi connectivity index (χ1) is 7.84. The number of nitrogens with one attached hydrogen (secondary N) is 1. The van der Waals surface area contributed by atoms with Crippen molar-refractivity contribution in [2.45, 2.75) is 20.8 Å². The van der Waals surface area contributed by atoms with E-state index in [2.05, 4.69) is 4.72 Å². The lowest BCUT2D eigenvalue weighted by molar-refractivity contribution is 0.249. The van der Waals surface area contributed by atoms with Crippen molar-refractivity contribution in [1.82, 2.24) is 0 Å². The molecule has 1 atom stereocenters. The van der Waals surface area contributed by atoms with Gasteiger partial charge in [-0.15, -0.1) is 0 Å². The third-order valence-corrected chi connectivity index (χ3v) is 4.01. The summed E-state index contributed by atoms with van der Waals surface area (Å²) in [6.07, 6.45) is 0. The van der Waals surface area contributed by atoms with Crippen LogP contribution in [0.1, 0.15) is 18.1 Å². The molecular formula is C12H19NO3S. The second kappa shape index (κ2) is 5.51. The van der Waals surface area contributed by atoms with Crippen LogP contribution in [0.5, 0.6) is 0 Å². The van der Waals surface area contributed by atoms with Gasteiger partial charge in [-0.05, 0) is 37.0 Å². The Hall–Kier alpha value is -1.07. The van der Waals surface area contributed by atoms with Crippen LogP contribution < -0.4 is 4.72 Å². The molecule has 0 radical (unpaired) electrons. The Morgan fingerprint density at radius 2 is 2.00 bits per heavy atom. The summed E-state index contributed by atoms with van der Waals surface area (Å²) in [6, 6.07) is 5.61. The average Bonchev–Trinajstić information content (AvgIpc) is 2.22. The van der Waals surface area contributed by atoms with E-state index in [9.17, 15) is 8.42 Å². The third-order valence-electron chi connectivity index (χ3n) is 2.47. The number of hydrogen-bond donors (Lipinski definition) is 2. The van der Waals surface area contributed by atoms with E-state index < -0.39 is 10.0 Å². The Morgan fingerprint density at radius 1 is 1.35 bits per heavy atom. The minimum atomic E-state index is -3.40. The lowest BCUT2D eigenvalue weighted by Crippen LogP contribution is -2.23. The first-order valence-electron chi connectivity index (χ1n) is 5.52. The molecule has 0 aromatic heterocycles. The minimum Gasteiger partial charge on any atom is -0.396 e. The lowest BCUT2D eigenvalue weighted by Gasteiger charge is -2.13. The molecule has 0 aliphatic heterocycles. The van der Waals surface area contributed by atoms with Crippen LogP contribution in [-0.2, 0) is 10.0 Å².